The van der Waals surface area contributed by atoms with Gasteiger partial charge in [-0.2, -0.15) is 0 Å². The van der Waals surface area contributed by atoms with Crippen LogP contribution in [0.5, 0.6) is 5.75 Å². The summed E-state index contributed by atoms with van der Waals surface area (Å²) in [6.45, 7) is 6.52. The monoisotopic (exact) mass is 467 g/mol. The quantitative estimate of drug-likeness (QED) is 0.528. The van der Waals surface area contributed by atoms with Crippen LogP contribution in [-0.2, 0) is 11.2 Å². The lowest BCUT2D eigenvalue weighted by Crippen LogP contribution is -2.42. The molecule has 2 aliphatic heterocycles. The van der Waals surface area contributed by atoms with Crippen LogP contribution in [0.1, 0.15) is 27.9 Å². The molecule has 2 aromatic heterocycles. The molecular weight excluding hydrogens is 438 g/mol. The van der Waals surface area contributed by atoms with Crippen molar-refractivity contribution in [3.05, 3.63) is 46.5 Å². The third-order valence-electron chi connectivity index (χ3n) is 6.29. The smallest absolute Gasteiger partial charge is 0.263 e. The maximum atomic E-state index is 12.9. The Kier molecular flexibility index (Phi) is 5.86. The predicted octanol–water partition coefficient (Wildman–Crippen LogP) is 2.47. The van der Waals surface area contributed by atoms with Crippen molar-refractivity contribution in [2.45, 2.75) is 38.5 Å². The number of aryl methyl sites for hydroxylation is 1. The number of hydrogen-bond donors (Lipinski definition) is 3. The molecule has 0 saturated carbocycles. The predicted molar refractivity (Wildman–Crippen MR) is 131 cm³/mol. The molecule has 0 bridgehead atoms. The Balaban J connectivity index is 1.26. The first-order valence-corrected chi connectivity index (χ1v) is 12.1. The molecule has 0 radical (unpaired) electrons. The van der Waals surface area contributed by atoms with Gasteiger partial charge in [-0.15, -0.1) is 11.3 Å². The first kappa shape index (κ1) is 21.9. The van der Waals surface area contributed by atoms with Crippen molar-refractivity contribution in [1.82, 2.24) is 10.3 Å². The van der Waals surface area contributed by atoms with Crippen molar-refractivity contribution >= 4 is 38.8 Å². The van der Waals surface area contributed by atoms with E-state index in [-0.39, 0.29) is 24.1 Å². The number of thiophene rings is 1. The van der Waals surface area contributed by atoms with Crippen LogP contribution >= 0.6 is 11.3 Å². The van der Waals surface area contributed by atoms with Gasteiger partial charge in [0.25, 0.3) is 5.91 Å². The summed E-state index contributed by atoms with van der Waals surface area (Å²) in [5.41, 5.74) is 16.0. The molecule has 1 amide bonds. The first-order chi connectivity index (χ1) is 15.9. The van der Waals surface area contributed by atoms with E-state index in [4.69, 9.17) is 20.9 Å². The van der Waals surface area contributed by atoms with E-state index in [0.29, 0.717) is 30.2 Å². The molecule has 1 aromatic carbocycles. The molecule has 0 unspecified atom stereocenters. The summed E-state index contributed by atoms with van der Waals surface area (Å²) in [6.07, 6.45) is 0.747. The minimum atomic E-state index is -0.185. The molecule has 3 atom stereocenters. The number of pyridine rings is 1. The number of nitrogens with two attached hydrogens (primary N) is 2. The van der Waals surface area contributed by atoms with Crippen molar-refractivity contribution in [2.75, 3.05) is 36.9 Å². The zero-order chi connectivity index (χ0) is 23.1. The highest BCUT2D eigenvalue weighted by atomic mass is 32.1. The van der Waals surface area contributed by atoms with Crippen LogP contribution in [0.3, 0.4) is 0 Å². The summed E-state index contributed by atoms with van der Waals surface area (Å²) in [5.74, 6) is 0.669. The number of ether oxygens (including phenoxy) is 2. The molecule has 33 heavy (non-hydrogen) atoms. The number of aromatic nitrogens is 1. The fourth-order valence-corrected chi connectivity index (χ4v) is 5.60. The van der Waals surface area contributed by atoms with E-state index in [1.165, 1.54) is 11.3 Å². The van der Waals surface area contributed by atoms with Crippen molar-refractivity contribution in [1.29, 1.82) is 0 Å². The Morgan fingerprint density at radius 2 is 2.18 bits per heavy atom. The van der Waals surface area contributed by atoms with Crippen molar-refractivity contribution in [3.8, 4) is 5.75 Å². The third-order valence-corrected chi connectivity index (χ3v) is 7.40. The summed E-state index contributed by atoms with van der Waals surface area (Å²) >= 11 is 1.33. The van der Waals surface area contributed by atoms with Gasteiger partial charge in [0.2, 0.25) is 0 Å². The Morgan fingerprint density at radius 3 is 3.00 bits per heavy atom. The SMILES string of the molecule is CCO[C@H]1CN(c2ccc3c(c2)OC[C@H](NC(=O)c2sc4nc(C)ccc4c2N)C3)C[C@@H]1N. The van der Waals surface area contributed by atoms with Gasteiger partial charge in [0, 0.05) is 42.5 Å². The molecule has 8 nitrogen and oxygen atoms in total. The largest absolute Gasteiger partial charge is 0.491 e. The summed E-state index contributed by atoms with van der Waals surface area (Å²) in [5, 5.41) is 3.90. The summed E-state index contributed by atoms with van der Waals surface area (Å²) in [7, 11) is 0. The highest BCUT2D eigenvalue weighted by molar-refractivity contribution is 7.21. The first-order valence-electron chi connectivity index (χ1n) is 11.3. The molecule has 2 aliphatic rings. The lowest BCUT2D eigenvalue weighted by atomic mass is 10.0. The molecule has 0 spiro atoms. The van der Waals surface area contributed by atoms with Crippen LogP contribution in [0.15, 0.2) is 30.3 Å². The Labute approximate surface area is 196 Å². The number of carbonyl (C=O) groups excluding carboxylic acids is 1. The minimum absolute atomic E-state index is 0.00180. The standard InChI is InChI=1S/C24H29N5O3S/c1-3-31-20-11-29(10-18(20)25)16-6-5-14-8-15(12-32-19(14)9-16)28-23(30)22-21(26)17-7-4-13(2)27-24(17)33-22/h4-7,9,15,18,20H,3,8,10-12,25-26H2,1-2H3,(H,28,30)/t15-,18+,20+/m1/s1. The number of nitrogens with zero attached hydrogens (tertiary/aromatic N) is 2. The van der Waals surface area contributed by atoms with E-state index >= 15 is 0 Å². The van der Waals surface area contributed by atoms with Crippen LogP contribution in [0, 0.1) is 6.92 Å². The van der Waals surface area contributed by atoms with Gasteiger partial charge < -0.3 is 31.2 Å². The second kappa shape index (κ2) is 8.81. The second-order valence-electron chi connectivity index (χ2n) is 8.69. The molecule has 9 heteroatoms. The van der Waals surface area contributed by atoms with E-state index in [9.17, 15) is 4.79 Å². The number of carbonyl (C=O) groups is 1. The van der Waals surface area contributed by atoms with Crippen LogP contribution in [-0.4, -0.2) is 55.4 Å². The molecule has 174 valence electrons. The molecule has 1 fully saturated rings. The lowest BCUT2D eigenvalue weighted by Gasteiger charge is -2.28. The van der Waals surface area contributed by atoms with Crippen molar-refractivity contribution < 1.29 is 14.3 Å². The zero-order valence-electron chi connectivity index (χ0n) is 18.8. The number of anilines is 2. The molecule has 5 rings (SSSR count). The molecular formula is C24H29N5O3S. The highest BCUT2D eigenvalue weighted by Crippen LogP contribution is 2.34. The molecule has 4 heterocycles. The lowest BCUT2D eigenvalue weighted by molar-refractivity contribution is 0.0680. The summed E-state index contributed by atoms with van der Waals surface area (Å²) in [6, 6.07) is 9.92. The van der Waals surface area contributed by atoms with Gasteiger partial charge in [0.1, 0.15) is 22.1 Å². The molecule has 5 N–H and O–H groups in total. The second-order valence-corrected chi connectivity index (χ2v) is 9.69. The van der Waals surface area contributed by atoms with Gasteiger partial charge in [0.05, 0.1) is 23.9 Å². The van der Waals surface area contributed by atoms with E-state index in [1.807, 2.05) is 26.0 Å². The van der Waals surface area contributed by atoms with Crippen LogP contribution < -0.4 is 26.4 Å². The Bertz CT molecular complexity index is 1200. The average molecular weight is 468 g/mol. The molecule has 1 saturated heterocycles. The van der Waals surface area contributed by atoms with Gasteiger partial charge in [-0.25, -0.2) is 4.98 Å². The van der Waals surface area contributed by atoms with Crippen LogP contribution in [0.2, 0.25) is 0 Å². The number of rotatable bonds is 5. The zero-order valence-corrected chi connectivity index (χ0v) is 19.7. The summed E-state index contributed by atoms with van der Waals surface area (Å²) in [4.78, 5) is 21.0. The number of hydrogen-bond acceptors (Lipinski definition) is 8. The number of amides is 1. The Hall–Kier alpha value is -2.88. The number of nitrogens with one attached hydrogen (secondary N) is 1. The van der Waals surface area contributed by atoms with Gasteiger partial charge >= 0.3 is 0 Å². The minimum Gasteiger partial charge on any atom is -0.491 e. The van der Waals surface area contributed by atoms with Gasteiger partial charge in [-0.05, 0) is 44.0 Å². The maximum absolute atomic E-state index is 12.9. The molecule has 3 aromatic rings. The third kappa shape index (κ3) is 4.23. The maximum Gasteiger partial charge on any atom is 0.263 e. The average Bonchev–Trinajstić information content (AvgIpc) is 3.33. The van der Waals surface area contributed by atoms with Gasteiger partial charge in [0.15, 0.2) is 0 Å². The van der Waals surface area contributed by atoms with Gasteiger partial charge in [-0.3, -0.25) is 4.79 Å². The molecule has 0 aliphatic carbocycles. The van der Waals surface area contributed by atoms with Crippen molar-refractivity contribution in [2.24, 2.45) is 5.73 Å². The van der Waals surface area contributed by atoms with Crippen LogP contribution in [0.25, 0.3) is 10.2 Å². The number of fused-ring (bicyclic) bond motifs is 2. The summed E-state index contributed by atoms with van der Waals surface area (Å²) < 4.78 is 11.8. The normalized spacial score (nSPS) is 22.3. The number of benzene rings is 1. The Morgan fingerprint density at radius 1 is 1.33 bits per heavy atom. The van der Waals surface area contributed by atoms with Crippen molar-refractivity contribution in [3.63, 3.8) is 0 Å². The van der Waals surface area contributed by atoms with Gasteiger partial charge in [-0.1, -0.05) is 6.07 Å². The topological polar surface area (TPSA) is 116 Å². The van der Waals surface area contributed by atoms with E-state index in [0.717, 1.165) is 46.0 Å². The number of nitrogen functional groups attached to an aromatic ring is 1. The van der Waals surface area contributed by atoms with E-state index < -0.39 is 0 Å². The van der Waals surface area contributed by atoms with E-state index in [1.54, 1.807) is 0 Å². The fraction of sp³-hybridized carbons (Fsp3) is 0.417. The van der Waals surface area contributed by atoms with Crippen LogP contribution in [0.4, 0.5) is 11.4 Å². The fourth-order valence-electron chi connectivity index (χ4n) is 4.56. The van der Waals surface area contributed by atoms with E-state index in [2.05, 4.69) is 33.4 Å². The highest BCUT2D eigenvalue weighted by Gasteiger charge is 2.32.